The summed E-state index contributed by atoms with van der Waals surface area (Å²) >= 11 is 0. The zero-order valence-corrected chi connectivity index (χ0v) is 9.87. The Kier molecular flexibility index (Phi) is 3.45. The maximum Gasteiger partial charge on any atom is 0.164 e. The molecule has 15 heavy (non-hydrogen) atoms. The molecule has 2 rings (SSSR count). The first-order valence-corrected chi connectivity index (χ1v) is 6.29. The van der Waals surface area contributed by atoms with E-state index < -0.39 is 0 Å². The summed E-state index contributed by atoms with van der Waals surface area (Å²) in [7, 11) is 1.69. The number of ketones is 1. The Morgan fingerprint density at radius 2 is 2.00 bits per heavy atom. The van der Waals surface area contributed by atoms with Crippen LogP contribution in [0.4, 0.5) is 0 Å². The lowest BCUT2D eigenvalue weighted by atomic mass is 9.78. The molecule has 0 N–H and O–H groups in total. The van der Waals surface area contributed by atoms with Gasteiger partial charge in [-0.25, -0.2) is 0 Å². The van der Waals surface area contributed by atoms with Crippen LogP contribution < -0.4 is 0 Å². The normalized spacial score (nSPS) is 33.7. The third-order valence-electron chi connectivity index (χ3n) is 3.92. The van der Waals surface area contributed by atoms with E-state index in [4.69, 9.17) is 4.74 Å². The Balaban J connectivity index is 1.92. The van der Waals surface area contributed by atoms with Crippen molar-refractivity contribution >= 4 is 5.78 Å². The topological polar surface area (TPSA) is 26.3 Å². The van der Waals surface area contributed by atoms with Crippen molar-refractivity contribution in [1.29, 1.82) is 0 Å². The van der Waals surface area contributed by atoms with E-state index in [-0.39, 0.29) is 6.10 Å². The van der Waals surface area contributed by atoms with Gasteiger partial charge >= 0.3 is 0 Å². The third kappa shape index (κ3) is 2.60. The lowest BCUT2D eigenvalue weighted by molar-refractivity contribution is -0.135. The molecule has 2 heteroatoms. The fourth-order valence-electron chi connectivity index (χ4n) is 2.86. The van der Waals surface area contributed by atoms with E-state index in [1.807, 2.05) is 0 Å². The number of hydrogen-bond acceptors (Lipinski definition) is 2. The van der Waals surface area contributed by atoms with Crippen LogP contribution in [-0.2, 0) is 9.53 Å². The maximum atomic E-state index is 12.2. The molecule has 0 radical (unpaired) electrons. The van der Waals surface area contributed by atoms with Crippen LogP contribution in [0, 0.1) is 17.8 Å². The van der Waals surface area contributed by atoms with Crippen molar-refractivity contribution in [3.8, 4) is 0 Å². The van der Waals surface area contributed by atoms with Crippen molar-refractivity contribution in [2.45, 2.75) is 51.6 Å². The van der Waals surface area contributed by atoms with E-state index in [0.717, 1.165) is 18.8 Å². The predicted octanol–water partition coefficient (Wildman–Crippen LogP) is 2.81. The molecular weight excluding hydrogens is 188 g/mol. The largest absolute Gasteiger partial charge is 0.373 e. The van der Waals surface area contributed by atoms with Crippen molar-refractivity contribution in [3.05, 3.63) is 0 Å². The standard InChI is InChI=1S/C13H22O2/c1-9-4-3-5-11(8-9)12(14)13(15-2)10-6-7-10/h9-11,13H,3-8H2,1-2H3. The second-order valence-electron chi connectivity index (χ2n) is 5.36. The summed E-state index contributed by atoms with van der Waals surface area (Å²) in [6.45, 7) is 2.26. The molecule has 0 spiro atoms. The van der Waals surface area contributed by atoms with Crippen LogP contribution >= 0.6 is 0 Å². The molecule has 0 aromatic heterocycles. The van der Waals surface area contributed by atoms with Gasteiger partial charge in [-0.3, -0.25) is 4.79 Å². The van der Waals surface area contributed by atoms with Crippen LogP contribution in [0.5, 0.6) is 0 Å². The Labute approximate surface area is 92.4 Å². The molecule has 0 aliphatic heterocycles. The van der Waals surface area contributed by atoms with E-state index in [9.17, 15) is 4.79 Å². The minimum absolute atomic E-state index is 0.0831. The van der Waals surface area contributed by atoms with Crippen LogP contribution in [0.2, 0.25) is 0 Å². The van der Waals surface area contributed by atoms with Gasteiger partial charge in [-0.05, 0) is 37.5 Å². The smallest absolute Gasteiger partial charge is 0.164 e. The lowest BCUT2D eigenvalue weighted by Crippen LogP contribution is -2.34. The van der Waals surface area contributed by atoms with Crippen LogP contribution in [-0.4, -0.2) is 19.0 Å². The zero-order chi connectivity index (χ0) is 10.8. The quantitative estimate of drug-likeness (QED) is 0.713. The van der Waals surface area contributed by atoms with Crippen LogP contribution in [0.15, 0.2) is 0 Å². The fourth-order valence-corrected chi connectivity index (χ4v) is 2.86. The van der Waals surface area contributed by atoms with Gasteiger partial charge in [0.1, 0.15) is 6.10 Å². The molecule has 2 saturated carbocycles. The second kappa shape index (κ2) is 4.65. The molecule has 86 valence electrons. The number of ether oxygens (including phenoxy) is 1. The summed E-state index contributed by atoms with van der Waals surface area (Å²) in [4.78, 5) is 12.2. The molecule has 3 atom stereocenters. The number of carbonyl (C=O) groups excluding carboxylic acids is 1. The average Bonchev–Trinajstić information content (AvgIpc) is 3.03. The monoisotopic (exact) mass is 210 g/mol. The molecule has 3 unspecified atom stereocenters. The van der Waals surface area contributed by atoms with E-state index >= 15 is 0 Å². The van der Waals surface area contributed by atoms with Crippen LogP contribution in [0.25, 0.3) is 0 Å². The minimum atomic E-state index is -0.0831. The van der Waals surface area contributed by atoms with Gasteiger partial charge in [0.2, 0.25) is 0 Å². The van der Waals surface area contributed by atoms with E-state index in [0.29, 0.717) is 17.6 Å². The molecule has 2 aliphatic rings. The SMILES string of the molecule is COC(C(=O)C1CCCC(C)C1)C1CC1. The highest BCUT2D eigenvalue weighted by molar-refractivity contribution is 5.86. The first-order valence-electron chi connectivity index (χ1n) is 6.29. The van der Waals surface area contributed by atoms with Crippen LogP contribution in [0.1, 0.15) is 45.4 Å². The van der Waals surface area contributed by atoms with Gasteiger partial charge in [0, 0.05) is 13.0 Å². The van der Waals surface area contributed by atoms with Gasteiger partial charge in [-0.15, -0.1) is 0 Å². The minimum Gasteiger partial charge on any atom is -0.373 e. The summed E-state index contributed by atoms with van der Waals surface area (Å²) in [5.41, 5.74) is 0. The van der Waals surface area contributed by atoms with Crippen molar-refractivity contribution in [2.75, 3.05) is 7.11 Å². The van der Waals surface area contributed by atoms with Crippen molar-refractivity contribution in [1.82, 2.24) is 0 Å². The Hall–Kier alpha value is -0.370. The zero-order valence-electron chi connectivity index (χ0n) is 9.87. The number of Topliss-reactive ketones (excluding diaryl/α,β-unsaturated/α-hetero) is 1. The highest BCUT2D eigenvalue weighted by Gasteiger charge is 2.39. The average molecular weight is 210 g/mol. The van der Waals surface area contributed by atoms with E-state index in [1.54, 1.807) is 7.11 Å². The van der Waals surface area contributed by atoms with Gasteiger partial charge in [-0.2, -0.15) is 0 Å². The summed E-state index contributed by atoms with van der Waals surface area (Å²) in [6.07, 6.45) is 6.99. The van der Waals surface area contributed by atoms with Crippen molar-refractivity contribution in [3.63, 3.8) is 0 Å². The van der Waals surface area contributed by atoms with E-state index in [2.05, 4.69) is 6.92 Å². The van der Waals surface area contributed by atoms with E-state index in [1.165, 1.54) is 25.7 Å². The first kappa shape index (κ1) is 11.1. The van der Waals surface area contributed by atoms with Gasteiger partial charge in [0.25, 0.3) is 0 Å². The molecule has 0 aromatic rings. The van der Waals surface area contributed by atoms with Gasteiger partial charge in [-0.1, -0.05) is 19.8 Å². The number of rotatable bonds is 4. The Morgan fingerprint density at radius 1 is 1.27 bits per heavy atom. The predicted molar refractivity (Wildman–Crippen MR) is 59.7 cm³/mol. The molecule has 0 heterocycles. The summed E-state index contributed by atoms with van der Waals surface area (Å²) in [5, 5.41) is 0. The Bertz CT molecular complexity index is 233. The molecule has 2 aliphatic carbocycles. The highest BCUT2D eigenvalue weighted by atomic mass is 16.5. The molecule has 0 amide bonds. The van der Waals surface area contributed by atoms with Crippen molar-refractivity contribution in [2.24, 2.45) is 17.8 Å². The first-order chi connectivity index (χ1) is 7.22. The molecule has 2 fully saturated rings. The summed E-state index contributed by atoms with van der Waals surface area (Å²) in [5.74, 6) is 1.95. The van der Waals surface area contributed by atoms with Crippen LogP contribution in [0.3, 0.4) is 0 Å². The maximum absolute atomic E-state index is 12.2. The molecule has 0 bridgehead atoms. The third-order valence-corrected chi connectivity index (χ3v) is 3.92. The Morgan fingerprint density at radius 3 is 2.53 bits per heavy atom. The van der Waals surface area contributed by atoms with Gasteiger partial charge < -0.3 is 4.74 Å². The molecular formula is C13H22O2. The van der Waals surface area contributed by atoms with Gasteiger partial charge in [0.05, 0.1) is 0 Å². The van der Waals surface area contributed by atoms with Gasteiger partial charge in [0.15, 0.2) is 5.78 Å². The van der Waals surface area contributed by atoms with Crippen molar-refractivity contribution < 1.29 is 9.53 Å². The molecule has 2 nitrogen and oxygen atoms in total. The fraction of sp³-hybridized carbons (Fsp3) is 0.923. The number of methoxy groups -OCH3 is 1. The lowest BCUT2D eigenvalue weighted by Gasteiger charge is -2.28. The summed E-state index contributed by atoms with van der Waals surface area (Å²) < 4.78 is 5.37. The number of carbonyl (C=O) groups is 1. The summed E-state index contributed by atoms with van der Waals surface area (Å²) in [6, 6.07) is 0. The second-order valence-corrected chi connectivity index (χ2v) is 5.36. The molecule has 0 aromatic carbocycles. The number of hydrogen-bond donors (Lipinski definition) is 0. The highest BCUT2D eigenvalue weighted by Crippen LogP contribution is 2.38. The molecule has 0 saturated heterocycles.